The van der Waals surface area contributed by atoms with Crippen LogP contribution in [0.2, 0.25) is 0 Å². The number of carboxylic acid groups (broad SMARTS) is 3. The van der Waals surface area contributed by atoms with Crippen LogP contribution in [0.3, 0.4) is 0 Å². The highest BCUT2D eigenvalue weighted by atomic mass is 16.5. The number of Topliss-reactive ketones (excluding diaryl/α,β-unsaturated/α-hetero) is 1. The van der Waals surface area contributed by atoms with Crippen LogP contribution in [0.1, 0.15) is 146 Å². The summed E-state index contributed by atoms with van der Waals surface area (Å²) >= 11 is 0. The number of hydrogen-bond donors (Lipinski definition) is 11. The molecule has 4 heterocycles. The number of para-hydroxylation sites is 8. The van der Waals surface area contributed by atoms with Crippen molar-refractivity contribution in [2.24, 2.45) is 57.4 Å². The number of urea groups is 4. The van der Waals surface area contributed by atoms with E-state index in [2.05, 4.69) is 20.4 Å². The highest BCUT2D eigenvalue weighted by Crippen LogP contribution is 2.44. The third kappa shape index (κ3) is 23.4. The molecule has 5 aliphatic rings. The first-order valence-electron chi connectivity index (χ1n) is 36.2. The largest absolute Gasteiger partial charge is 0.481 e. The number of aliphatic carboxylic acids is 3. The maximum Gasteiger partial charge on any atom is 0.323 e. The predicted molar refractivity (Wildman–Crippen MR) is 428 cm³/mol. The van der Waals surface area contributed by atoms with Crippen LogP contribution >= 0.6 is 0 Å². The Morgan fingerprint density at radius 3 is 1.39 bits per heavy atom. The van der Waals surface area contributed by atoms with E-state index in [9.17, 15) is 48.3 Å². The van der Waals surface area contributed by atoms with Crippen molar-refractivity contribution in [3.8, 4) is 0 Å². The smallest absolute Gasteiger partial charge is 0.323 e. The standard InChI is InChI=1S/C17H16N2O3.C15H14N2O2.C15H12N2O2.C15H12N2O.C9H17NO2.C8H17NO2.C6H11NO2/c1-11(20)22-16-10-12-6-2-4-8-14(12)19(17(18)21)15-9-5-3-7-13(15)16;2*16-15(19)17-12-7-3-1-5-10(12)9-14(18)11-6-2-4-8-13(11)17;16-15(18)17-13-7-3-1-5-11(13)9-10-12-6-2-4-8-14(12)17;10-7-9(6-8(11)12)4-2-1-3-5-9;1-6(2)3-7(5-9)4-8(10)11;1-2-5(7)3-4-6(8)9/h2-9,16H,10H2,1H3,(H2,18,21);1-8,14,18H,9H2,(H2,16,19);1-8H,9H2,(H2,16,19);1-10H,(H2,16,18);1-7,10H2,(H,11,12);6-7H,3-5,9H2,1-2H3,(H,10,11);2,5H,1,3-4,7H2,(H,8,9)/t;;;;;7-;/m.....0./s1. The van der Waals surface area contributed by atoms with Crippen LogP contribution in [0.4, 0.5) is 64.7 Å². The number of anilines is 8. The third-order valence-electron chi connectivity index (χ3n) is 18.8. The van der Waals surface area contributed by atoms with Gasteiger partial charge < -0.3 is 65.3 Å². The zero-order valence-corrected chi connectivity index (χ0v) is 62.1. The van der Waals surface area contributed by atoms with Gasteiger partial charge in [-0.15, -0.1) is 6.58 Å². The van der Waals surface area contributed by atoms with E-state index in [-0.39, 0.29) is 54.8 Å². The summed E-state index contributed by atoms with van der Waals surface area (Å²) in [5.74, 6) is -1.96. The van der Waals surface area contributed by atoms with E-state index in [0.29, 0.717) is 66.6 Å². The van der Waals surface area contributed by atoms with Gasteiger partial charge in [-0.2, -0.15) is 0 Å². The number of carboxylic acids is 3. The van der Waals surface area contributed by atoms with Crippen LogP contribution in [0.5, 0.6) is 0 Å². The number of carbonyl (C=O) groups is 9. The lowest BCUT2D eigenvalue weighted by molar-refractivity contribution is -0.146. The summed E-state index contributed by atoms with van der Waals surface area (Å²) in [7, 11) is 0. The fraction of sp³-hybridized carbons (Fsp3) is 0.282. The first-order valence-corrected chi connectivity index (χ1v) is 36.2. The van der Waals surface area contributed by atoms with Crippen molar-refractivity contribution < 1.29 is 68.3 Å². The Hall–Kier alpha value is -12.3. The molecule has 13 rings (SSSR count). The first-order chi connectivity index (χ1) is 52.6. The number of aliphatic hydroxyl groups excluding tert-OH is 1. The van der Waals surface area contributed by atoms with Gasteiger partial charge in [0.15, 0.2) is 5.78 Å². The summed E-state index contributed by atoms with van der Waals surface area (Å²) in [5, 5.41) is 35.7. The number of nitrogens with zero attached hydrogens (tertiary/aromatic N) is 4. The first kappa shape index (κ1) is 85.0. The predicted octanol–water partition coefficient (Wildman–Crippen LogP) is 14.4. The van der Waals surface area contributed by atoms with Gasteiger partial charge in [0.1, 0.15) is 6.10 Å². The minimum absolute atomic E-state index is 0.00759. The Balaban J connectivity index is 0.000000182. The van der Waals surface area contributed by atoms with Crippen molar-refractivity contribution in [3.63, 3.8) is 0 Å². The molecule has 8 aromatic rings. The van der Waals surface area contributed by atoms with Crippen molar-refractivity contribution in [2.45, 2.75) is 122 Å². The number of amides is 8. The molecule has 3 unspecified atom stereocenters. The number of esters is 1. The van der Waals surface area contributed by atoms with Crippen LogP contribution in [-0.2, 0) is 43.2 Å². The molecule has 0 saturated heterocycles. The maximum atomic E-state index is 12.3. The molecule has 0 radical (unpaired) electrons. The van der Waals surface area contributed by atoms with Crippen LogP contribution in [0.15, 0.2) is 207 Å². The van der Waals surface area contributed by atoms with E-state index in [4.69, 9.17) is 60.2 Å². The van der Waals surface area contributed by atoms with Crippen molar-refractivity contribution in [3.05, 3.63) is 251 Å². The summed E-state index contributed by atoms with van der Waals surface area (Å²) in [5.41, 5.74) is 50.6. The number of hydrogen-bond acceptors (Lipinski definition) is 14. The molecule has 110 heavy (non-hydrogen) atoms. The number of carbonyl (C=O) groups excluding carboxylic acids is 6. The van der Waals surface area contributed by atoms with Gasteiger partial charge in [-0.05, 0) is 138 Å². The molecule has 0 bridgehead atoms. The Morgan fingerprint density at radius 1 is 0.527 bits per heavy atom. The quantitative estimate of drug-likeness (QED) is 0.0377. The van der Waals surface area contributed by atoms with Gasteiger partial charge in [-0.1, -0.05) is 191 Å². The number of aliphatic hydroxyl groups is 1. The maximum absolute atomic E-state index is 12.3. The van der Waals surface area contributed by atoms with E-state index in [1.54, 1.807) is 53.4 Å². The van der Waals surface area contributed by atoms with Gasteiger partial charge in [-0.3, -0.25) is 43.6 Å². The minimum Gasteiger partial charge on any atom is -0.481 e. The van der Waals surface area contributed by atoms with Crippen LogP contribution in [0.25, 0.3) is 12.2 Å². The highest BCUT2D eigenvalue weighted by molar-refractivity contribution is 6.12. The molecule has 8 aromatic carbocycles. The van der Waals surface area contributed by atoms with Crippen LogP contribution in [-0.4, -0.2) is 93.3 Å². The lowest BCUT2D eigenvalue weighted by Gasteiger charge is -2.34. The fourth-order valence-corrected chi connectivity index (χ4v) is 13.7. The third-order valence-corrected chi connectivity index (χ3v) is 18.8. The van der Waals surface area contributed by atoms with E-state index >= 15 is 0 Å². The minimum atomic E-state index is -0.813. The number of nitrogens with two attached hydrogens (primary N) is 7. The lowest BCUT2D eigenvalue weighted by Crippen LogP contribution is -2.34. The summed E-state index contributed by atoms with van der Waals surface area (Å²) in [4.78, 5) is 108. The molecule has 578 valence electrons. The van der Waals surface area contributed by atoms with Gasteiger partial charge in [0.2, 0.25) is 0 Å². The monoisotopic (exact) mass is 1500 g/mol. The normalized spacial score (nSPS) is 15.4. The van der Waals surface area contributed by atoms with E-state index in [1.807, 2.05) is 164 Å². The number of benzene rings is 8. The molecule has 0 aromatic heterocycles. The van der Waals surface area contributed by atoms with Gasteiger partial charge in [0.25, 0.3) is 0 Å². The summed E-state index contributed by atoms with van der Waals surface area (Å²) in [6, 6.07) is 57.0. The lowest BCUT2D eigenvalue weighted by atomic mass is 9.72. The number of ketones is 1. The zero-order chi connectivity index (χ0) is 80.2. The number of primary amides is 4. The van der Waals surface area contributed by atoms with E-state index in [1.165, 1.54) is 28.0 Å². The van der Waals surface area contributed by atoms with Gasteiger partial charge in [-0.25, -0.2) is 19.2 Å². The Labute approximate surface area is 640 Å². The highest BCUT2D eigenvalue weighted by Gasteiger charge is 2.35. The summed E-state index contributed by atoms with van der Waals surface area (Å²) in [6.07, 6.45) is 13.2. The Kier molecular flexibility index (Phi) is 31.8. The molecule has 1 aliphatic carbocycles. The van der Waals surface area contributed by atoms with Gasteiger partial charge in [0.05, 0.1) is 58.0 Å². The van der Waals surface area contributed by atoms with Crippen LogP contribution in [0, 0.1) is 17.3 Å². The topological polar surface area (TPSA) is 439 Å². The van der Waals surface area contributed by atoms with E-state index in [0.717, 1.165) is 93.8 Å². The van der Waals surface area contributed by atoms with Crippen molar-refractivity contribution in [2.75, 3.05) is 32.7 Å². The van der Waals surface area contributed by atoms with Crippen molar-refractivity contribution >= 4 is 111 Å². The molecule has 0 spiro atoms. The molecule has 8 amide bonds. The molecule has 25 nitrogen and oxygen atoms in total. The Bertz CT molecular complexity index is 4530. The van der Waals surface area contributed by atoms with Gasteiger partial charge in [0, 0.05) is 61.8 Å². The summed E-state index contributed by atoms with van der Waals surface area (Å²) in [6.45, 7) is 9.95. The molecule has 4 atom stereocenters. The number of ether oxygens (including phenoxy) is 1. The van der Waals surface area contributed by atoms with Gasteiger partial charge >= 0.3 is 48.0 Å². The van der Waals surface area contributed by atoms with Crippen molar-refractivity contribution in [1.29, 1.82) is 0 Å². The fourth-order valence-electron chi connectivity index (χ4n) is 13.7. The van der Waals surface area contributed by atoms with E-state index < -0.39 is 54.2 Å². The molecule has 4 aliphatic heterocycles. The second kappa shape index (κ2) is 41.2. The molecular weight excluding hydrogens is 1400 g/mol. The average Bonchev–Trinajstić information content (AvgIpc) is 1.63. The SMILES string of the molecule is C=CC(N)CCC(=O)O.CC(=O)OC1Cc2ccccc2N(C(N)=O)c2ccccc21.CC(C)C[C@H](CN)CC(=O)O.NC(=O)N1c2ccccc2C=Cc2ccccc21.NC(=O)N1c2ccccc2CC(=O)c2ccccc21.NC(=O)N1c2ccccc2CC(O)c2ccccc21.NCC1(CC(=O)O)CCCCC1. The molecular formula is C85H99N11O14. The molecule has 1 saturated carbocycles. The van der Waals surface area contributed by atoms with Crippen molar-refractivity contribution in [1.82, 2.24) is 0 Å². The molecule has 18 N–H and O–H groups in total. The van der Waals surface area contributed by atoms with Crippen LogP contribution < -0.4 is 59.7 Å². The number of fused-ring (bicyclic) bond motifs is 8. The molecule has 1 fully saturated rings. The zero-order valence-electron chi connectivity index (χ0n) is 62.1. The second-order valence-electron chi connectivity index (χ2n) is 27.3. The summed E-state index contributed by atoms with van der Waals surface area (Å²) < 4.78 is 5.46. The Morgan fingerprint density at radius 2 is 0.936 bits per heavy atom. The second-order valence-corrected chi connectivity index (χ2v) is 27.3. The molecule has 25 heteroatoms. The number of rotatable bonds is 13. The average molecular weight is 1500 g/mol.